The van der Waals surface area contributed by atoms with Gasteiger partial charge in [0.2, 0.25) is 5.91 Å². The monoisotopic (exact) mass is 342 g/mol. The van der Waals surface area contributed by atoms with Crippen LogP contribution in [-0.2, 0) is 22.3 Å². The third-order valence-electron chi connectivity index (χ3n) is 4.62. The molecule has 2 saturated heterocycles. The van der Waals surface area contributed by atoms with Crippen LogP contribution in [-0.4, -0.2) is 55.1 Å². The maximum atomic E-state index is 12.8. The van der Waals surface area contributed by atoms with Gasteiger partial charge in [-0.25, -0.2) is 0 Å². The second-order valence-electron chi connectivity index (χ2n) is 6.36. The van der Waals surface area contributed by atoms with Crippen molar-refractivity contribution in [2.75, 3.05) is 39.4 Å². The van der Waals surface area contributed by atoms with E-state index in [9.17, 15) is 18.0 Å². The molecule has 0 radical (unpaired) electrons. The maximum absolute atomic E-state index is 12.8. The van der Waals surface area contributed by atoms with E-state index in [1.54, 1.807) is 6.07 Å². The summed E-state index contributed by atoms with van der Waals surface area (Å²) >= 11 is 0. The van der Waals surface area contributed by atoms with Gasteiger partial charge in [-0.15, -0.1) is 0 Å². The molecule has 3 rings (SSSR count). The van der Waals surface area contributed by atoms with Crippen molar-refractivity contribution in [3.63, 3.8) is 0 Å². The van der Waals surface area contributed by atoms with Crippen LogP contribution in [0.4, 0.5) is 13.2 Å². The molecule has 0 aromatic heterocycles. The summed E-state index contributed by atoms with van der Waals surface area (Å²) in [5.74, 6) is 0.117. The normalized spacial score (nSPS) is 22.8. The highest BCUT2D eigenvalue weighted by molar-refractivity contribution is 5.79. The zero-order valence-corrected chi connectivity index (χ0v) is 13.4. The van der Waals surface area contributed by atoms with Gasteiger partial charge in [0.05, 0.1) is 18.1 Å². The van der Waals surface area contributed by atoms with Crippen molar-refractivity contribution in [3.8, 4) is 0 Å². The lowest BCUT2D eigenvalue weighted by Crippen LogP contribution is -2.50. The van der Waals surface area contributed by atoms with Crippen molar-refractivity contribution < 1.29 is 22.7 Å². The lowest BCUT2D eigenvalue weighted by molar-refractivity contribution is -0.138. The Hall–Kier alpha value is -1.60. The Bertz CT molecular complexity index is 577. The smallest absolute Gasteiger partial charge is 0.381 e. The predicted octanol–water partition coefficient (Wildman–Crippen LogP) is 2.39. The minimum absolute atomic E-state index is 0.0278. The van der Waals surface area contributed by atoms with Crippen molar-refractivity contribution in [1.29, 1.82) is 0 Å². The second kappa shape index (κ2) is 7.11. The van der Waals surface area contributed by atoms with E-state index in [-0.39, 0.29) is 11.8 Å². The molecule has 2 aliphatic rings. The number of nitrogens with zero attached hydrogens (tertiary/aromatic N) is 2. The molecule has 2 heterocycles. The first kappa shape index (κ1) is 17.2. The third kappa shape index (κ3) is 4.08. The summed E-state index contributed by atoms with van der Waals surface area (Å²) in [6.07, 6.45) is -3.53. The number of rotatable bonds is 3. The van der Waals surface area contributed by atoms with Gasteiger partial charge >= 0.3 is 6.18 Å². The predicted molar refractivity (Wildman–Crippen MR) is 82.2 cm³/mol. The number of carbonyl (C=O) groups excluding carboxylic acids is 1. The van der Waals surface area contributed by atoms with E-state index in [1.165, 1.54) is 12.1 Å². The fourth-order valence-electron chi connectivity index (χ4n) is 3.22. The van der Waals surface area contributed by atoms with Gasteiger partial charge < -0.3 is 9.64 Å². The van der Waals surface area contributed by atoms with Gasteiger partial charge in [0, 0.05) is 39.3 Å². The lowest BCUT2D eigenvalue weighted by Gasteiger charge is -2.35. The largest absolute Gasteiger partial charge is 0.416 e. The average Bonchev–Trinajstić information content (AvgIpc) is 3.09. The Morgan fingerprint density at radius 3 is 2.58 bits per heavy atom. The van der Waals surface area contributed by atoms with Crippen LogP contribution in [0.5, 0.6) is 0 Å². The van der Waals surface area contributed by atoms with E-state index in [0.29, 0.717) is 51.5 Å². The van der Waals surface area contributed by atoms with Crippen molar-refractivity contribution in [2.24, 2.45) is 5.92 Å². The summed E-state index contributed by atoms with van der Waals surface area (Å²) in [6, 6.07) is 5.44. The second-order valence-corrected chi connectivity index (χ2v) is 6.36. The van der Waals surface area contributed by atoms with Crippen LogP contribution in [0, 0.1) is 5.92 Å². The summed E-state index contributed by atoms with van der Waals surface area (Å²) in [4.78, 5) is 16.3. The van der Waals surface area contributed by atoms with Crippen LogP contribution < -0.4 is 0 Å². The van der Waals surface area contributed by atoms with Crippen LogP contribution in [0.1, 0.15) is 17.5 Å². The molecular formula is C17H21F3N2O2. The Balaban J connectivity index is 1.53. The zero-order chi connectivity index (χ0) is 17.2. The zero-order valence-electron chi connectivity index (χ0n) is 13.4. The van der Waals surface area contributed by atoms with Crippen molar-refractivity contribution in [3.05, 3.63) is 35.4 Å². The highest BCUT2D eigenvalue weighted by Gasteiger charge is 2.31. The minimum Gasteiger partial charge on any atom is -0.381 e. The molecule has 4 nitrogen and oxygen atoms in total. The number of halogens is 3. The first-order valence-corrected chi connectivity index (χ1v) is 8.18. The van der Waals surface area contributed by atoms with E-state index in [4.69, 9.17) is 4.74 Å². The Morgan fingerprint density at radius 1 is 1.21 bits per heavy atom. The number of hydrogen-bond donors (Lipinski definition) is 0. The van der Waals surface area contributed by atoms with E-state index in [1.807, 2.05) is 4.90 Å². The molecule has 2 fully saturated rings. The van der Waals surface area contributed by atoms with Gasteiger partial charge in [-0.1, -0.05) is 18.2 Å². The standard InChI is InChI=1S/C17H21F3N2O2/c18-17(19,20)15-3-1-2-13(10-15)11-21-5-7-22(8-6-21)16(23)14-4-9-24-12-14/h1-3,10,14H,4-9,11-12H2/t14-/m0/s1. The van der Waals surface area contributed by atoms with E-state index in [2.05, 4.69) is 4.90 Å². The van der Waals surface area contributed by atoms with Gasteiger partial charge in [-0.05, 0) is 18.1 Å². The average molecular weight is 342 g/mol. The third-order valence-corrected chi connectivity index (χ3v) is 4.62. The van der Waals surface area contributed by atoms with Crippen LogP contribution in [0.15, 0.2) is 24.3 Å². The number of amides is 1. The summed E-state index contributed by atoms with van der Waals surface area (Å²) in [5.41, 5.74) is 0.0313. The highest BCUT2D eigenvalue weighted by Crippen LogP contribution is 2.29. The molecule has 0 unspecified atom stereocenters. The summed E-state index contributed by atoms with van der Waals surface area (Å²) in [6.45, 7) is 4.21. The molecule has 132 valence electrons. The quantitative estimate of drug-likeness (QED) is 0.846. The van der Waals surface area contributed by atoms with Crippen LogP contribution in [0.3, 0.4) is 0 Å². The van der Waals surface area contributed by atoms with Crippen LogP contribution >= 0.6 is 0 Å². The number of alkyl halides is 3. The molecule has 1 aromatic carbocycles. The SMILES string of the molecule is O=C([C@H]1CCOC1)N1CCN(Cc2cccc(C(F)(F)F)c2)CC1. The molecule has 7 heteroatoms. The van der Waals surface area contributed by atoms with Gasteiger partial charge in [0.1, 0.15) is 0 Å². The maximum Gasteiger partial charge on any atom is 0.416 e. The Labute approximate surface area is 139 Å². The summed E-state index contributed by atoms with van der Waals surface area (Å²) < 4.78 is 43.6. The van der Waals surface area contributed by atoms with Crippen LogP contribution in [0.2, 0.25) is 0 Å². The summed E-state index contributed by atoms with van der Waals surface area (Å²) in [5, 5.41) is 0. The molecule has 0 spiro atoms. The number of ether oxygens (including phenoxy) is 1. The molecule has 1 amide bonds. The fourth-order valence-corrected chi connectivity index (χ4v) is 3.22. The first-order valence-electron chi connectivity index (χ1n) is 8.18. The van der Waals surface area contributed by atoms with E-state index >= 15 is 0 Å². The molecule has 0 N–H and O–H groups in total. The molecule has 0 saturated carbocycles. The Kier molecular flexibility index (Phi) is 5.10. The highest BCUT2D eigenvalue weighted by atomic mass is 19.4. The lowest BCUT2D eigenvalue weighted by atomic mass is 10.1. The van der Waals surface area contributed by atoms with E-state index in [0.717, 1.165) is 12.5 Å². The summed E-state index contributed by atoms with van der Waals surface area (Å²) in [7, 11) is 0. The number of piperazine rings is 1. The van der Waals surface area contributed by atoms with Gasteiger partial charge in [-0.2, -0.15) is 13.2 Å². The van der Waals surface area contributed by atoms with Crippen LogP contribution in [0.25, 0.3) is 0 Å². The number of benzene rings is 1. The molecule has 2 aliphatic heterocycles. The molecule has 0 aliphatic carbocycles. The number of hydrogen-bond acceptors (Lipinski definition) is 3. The first-order chi connectivity index (χ1) is 11.4. The van der Waals surface area contributed by atoms with Gasteiger partial charge in [0.15, 0.2) is 0 Å². The molecule has 0 bridgehead atoms. The number of carbonyl (C=O) groups is 1. The van der Waals surface area contributed by atoms with Gasteiger partial charge in [-0.3, -0.25) is 9.69 Å². The fraction of sp³-hybridized carbons (Fsp3) is 0.588. The molecule has 1 aromatic rings. The molecule has 1 atom stereocenters. The van der Waals surface area contributed by atoms with E-state index < -0.39 is 11.7 Å². The molecule has 24 heavy (non-hydrogen) atoms. The Morgan fingerprint density at radius 2 is 1.96 bits per heavy atom. The topological polar surface area (TPSA) is 32.8 Å². The van der Waals surface area contributed by atoms with Crippen molar-refractivity contribution >= 4 is 5.91 Å². The minimum atomic E-state index is -4.32. The molecular weight excluding hydrogens is 321 g/mol. The van der Waals surface area contributed by atoms with Gasteiger partial charge in [0.25, 0.3) is 0 Å². The van der Waals surface area contributed by atoms with Crippen molar-refractivity contribution in [1.82, 2.24) is 9.80 Å². The van der Waals surface area contributed by atoms with Crippen molar-refractivity contribution in [2.45, 2.75) is 19.1 Å².